The lowest BCUT2D eigenvalue weighted by Crippen LogP contribution is -2.40. The third-order valence-corrected chi connectivity index (χ3v) is 4.37. The predicted molar refractivity (Wildman–Crippen MR) is 65.7 cm³/mol. The van der Waals surface area contributed by atoms with Crippen molar-refractivity contribution in [1.29, 1.82) is 0 Å². The van der Waals surface area contributed by atoms with E-state index in [1.54, 1.807) is 0 Å². The van der Waals surface area contributed by atoms with Gasteiger partial charge in [-0.25, -0.2) is 13.4 Å². The molecule has 2 rings (SSSR count). The number of aromatic nitrogens is 1. The number of ether oxygens (including phenoxy) is 1. The van der Waals surface area contributed by atoms with Gasteiger partial charge in [-0.3, -0.25) is 0 Å². The van der Waals surface area contributed by atoms with Gasteiger partial charge in [0.05, 0.1) is 13.2 Å². The summed E-state index contributed by atoms with van der Waals surface area (Å²) in [7, 11) is -3.37. The van der Waals surface area contributed by atoms with Gasteiger partial charge in [0.1, 0.15) is 9.90 Å². The van der Waals surface area contributed by atoms with Gasteiger partial charge >= 0.3 is 0 Å². The molecule has 0 spiro atoms. The summed E-state index contributed by atoms with van der Waals surface area (Å²) in [6, 6.07) is 0. The molecule has 3 N–H and O–H groups in total. The van der Waals surface area contributed by atoms with E-state index in [-0.39, 0.29) is 10.7 Å². The molecule has 1 aromatic heterocycles. The highest BCUT2D eigenvalue weighted by Gasteiger charge is 2.23. The van der Waals surface area contributed by atoms with Crippen LogP contribution in [0.5, 0.6) is 0 Å². The van der Waals surface area contributed by atoms with E-state index >= 15 is 0 Å². The molecule has 1 fully saturated rings. The highest BCUT2D eigenvalue weighted by atomic mass is 32.2. The Morgan fingerprint density at radius 2 is 2.12 bits per heavy atom. The highest BCUT2D eigenvalue weighted by molar-refractivity contribution is 7.91. The first kappa shape index (κ1) is 12.6. The van der Waals surface area contributed by atoms with Crippen molar-refractivity contribution in [2.24, 2.45) is 0 Å². The molecule has 1 aromatic rings. The summed E-state index contributed by atoms with van der Waals surface area (Å²) in [6.45, 7) is 2.63. The lowest BCUT2D eigenvalue weighted by Gasteiger charge is -2.27. The van der Waals surface area contributed by atoms with E-state index in [0.717, 1.165) is 17.8 Å². The van der Waals surface area contributed by atoms with E-state index in [9.17, 15) is 8.42 Å². The number of morpholine rings is 1. The average molecular weight is 278 g/mol. The summed E-state index contributed by atoms with van der Waals surface area (Å²) in [4.78, 5) is 0.0778. The number of nitrogens with two attached hydrogens (primary N) is 1. The van der Waals surface area contributed by atoms with Gasteiger partial charge in [0.15, 0.2) is 15.7 Å². The molecule has 0 aromatic carbocycles. The number of hydrazine groups is 1. The second-order valence-corrected chi connectivity index (χ2v) is 6.44. The predicted octanol–water partition coefficient (Wildman–Crippen LogP) is -0.212. The number of anilines is 2. The van der Waals surface area contributed by atoms with E-state index in [0.29, 0.717) is 31.3 Å². The average Bonchev–Trinajstić information content (AvgIpc) is 2.60. The topological polar surface area (TPSA) is 97.5 Å². The van der Waals surface area contributed by atoms with Gasteiger partial charge in [-0.05, 0) is 11.5 Å². The van der Waals surface area contributed by atoms with Gasteiger partial charge < -0.3 is 15.9 Å². The molecule has 0 atom stereocenters. The van der Waals surface area contributed by atoms with Crippen molar-refractivity contribution < 1.29 is 13.2 Å². The van der Waals surface area contributed by atoms with Crippen LogP contribution in [0.25, 0.3) is 0 Å². The van der Waals surface area contributed by atoms with Crippen LogP contribution in [0, 0.1) is 0 Å². The van der Waals surface area contributed by atoms with Gasteiger partial charge in [-0.15, -0.1) is 0 Å². The second kappa shape index (κ2) is 4.77. The normalized spacial score (nSPS) is 18.2. The van der Waals surface area contributed by atoms with Crippen LogP contribution in [0.3, 0.4) is 0 Å². The Hall–Kier alpha value is -0.900. The van der Waals surface area contributed by atoms with Crippen LogP contribution in [0.1, 0.15) is 0 Å². The van der Waals surface area contributed by atoms with Crippen LogP contribution >= 0.6 is 11.5 Å². The fourth-order valence-electron chi connectivity index (χ4n) is 1.54. The number of hydrogen-bond donors (Lipinski definition) is 2. The lowest BCUT2D eigenvalue weighted by atomic mass is 10.5. The van der Waals surface area contributed by atoms with Gasteiger partial charge in [0.2, 0.25) is 0 Å². The van der Waals surface area contributed by atoms with E-state index in [1.807, 2.05) is 5.01 Å². The van der Waals surface area contributed by atoms with Gasteiger partial charge in [-0.1, -0.05) is 0 Å². The smallest absolute Gasteiger partial charge is 0.182 e. The maximum absolute atomic E-state index is 11.6. The van der Waals surface area contributed by atoms with Crippen LogP contribution in [-0.2, 0) is 14.6 Å². The molecule has 1 aliphatic rings. The Morgan fingerprint density at radius 3 is 2.71 bits per heavy atom. The van der Waals surface area contributed by atoms with Crippen LogP contribution in [0.15, 0.2) is 4.90 Å². The monoisotopic (exact) mass is 278 g/mol. The van der Waals surface area contributed by atoms with Crippen molar-refractivity contribution in [1.82, 2.24) is 9.38 Å². The third-order valence-electron chi connectivity index (χ3n) is 2.32. The minimum absolute atomic E-state index is 0.0493. The quantitative estimate of drug-likeness (QED) is 0.789. The number of nitrogens with zero attached hydrogens (tertiary/aromatic N) is 2. The number of sulfone groups is 1. The van der Waals surface area contributed by atoms with E-state index in [1.165, 1.54) is 0 Å². The number of hydrogen-bond acceptors (Lipinski definition) is 8. The highest BCUT2D eigenvalue weighted by Crippen LogP contribution is 2.31. The lowest BCUT2D eigenvalue weighted by molar-refractivity contribution is 0.0497. The Bertz CT molecular complexity index is 493. The van der Waals surface area contributed by atoms with Crippen molar-refractivity contribution in [2.75, 3.05) is 43.7 Å². The summed E-state index contributed by atoms with van der Waals surface area (Å²) in [5.74, 6) is 0.0493. The molecule has 0 bridgehead atoms. The summed E-state index contributed by atoms with van der Waals surface area (Å²) < 4.78 is 32.2. The molecule has 0 aliphatic carbocycles. The molecule has 0 unspecified atom stereocenters. The third kappa shape index (κ3) is 2.86. The first-order valence-corrected chi connectivity index (χ1v) is 7.69. The molecule has 0 radical (unpaired) electrons. The second-order valence-electron chi connectivity index (χ2n) is 3.71. The molecule has 2 heterocycles. The summed E-state index contributed by atoms with van der Waals surface area (Å²) in [6.07, 6.45) is 1.12. The minimum atomic E-state index is -3.37. The molecular weight excluding hydrogens is 264 g/mol. The Labute approximate surface area is 104 Å². The van der Waals surface area contributed by atoms with Crippen molar-refractivity contribution in [2.45, 2.75) is 4.90 Å². The number of rotatable bonds is 3. The Kier molecular flexibility index (Phi) is 3.52. The van der Waals surface area contributed by atoms with Crippen molar-refractivity contribution in [3.63, 3.8) is 0 Å². The van der Waals surface area contributed by atoms with Crippen molar-refractivity contribution in [3.8, 4) is 0 Å². The fourth-order valence-corrected chi connectivity index (χ4v) is 3.61. The SMILES string of the molecule is CS(=O)(=O)c1c(N)nsc1NN1CCOCC1. The molecule has 96 valence electrons. The Morgan fingerprint density at radius 1 is 1.47 bits per heavy atom. The van der Waals surface area contributed by atoms with Crippen molar-refractivity contribution in [3.05, 3.63) is 0 Å². The van der Waals surface area contributed by atoms with Crippen LogP contribution in [0.4, 0.5) is 10.8 Å². The molecule has 7 nitrogen and oxygen atoms in total. The number of nitrogen functional groups attached to an aromatic ring is 1. The molecule has 1 aliphatic heterocycles. The zero-order valence-electron chi connectivity index (χ0n) is 9.34. The first-order valence-electron chi connectivity index (χ1n) is 5.03. The molecule has 9 heteroatoms. The minimum Gasteiger partial charge on any atom is -0.382 e. The van der Waals surface area contributed by atoms with Gasteiger partial charge in [0.25, 0.3) is 0 Å². The van der Waals surface area contributed by atoms with Crippen LogP contribution in [0.2, 0.25) is 0 Å². The van der Waals surface area contributed by atoms with Gasteiger partial charge in [-0.2, -0.15) is 4.37 Å². The zero-order valence-corrected chi connectivity index (χ0v) is 11.0. The molecular formula is C8H14N4O3S2. The van der Waals surface area contributed by atoms with E-state index in [2.05, 4.69) is 9.80 Å². The molecule has 1 saturated heterocycles. The fraction of sp³-hybridized carbons (Fsp3) is 0.625. The van der Waals surface area contributed by atoms with E-state index < -0.39 is 9.84 Å². The molecule has 0 saturated carbocycles. The van der Waals surface area contributed by atoms with Gasteiger partial charge in [0, 0.05) is 19.3 Å². The molecule has 0 amide bonds. The standard InChI is InChI=1S/C8H14N4O3S2/c1-17(13,14)6-7(9)11-16-8(6)10-12-2-4-15-5-3-12/h10H,2-5H2,1H3,(H2,9,11). The summed E-state index contributed by atoms with van der Waals surface area (Å²) >= 11 is 1.05. The maximum Gasteiger partial charge on any atom is 0.182 e. The van der Waals surface area contributed by atoms with E-state index in [4.69, 9.17) is 10.5 Å². The zero-order chi connectivity index (χ0) is 12.5. The summed E-state index contributed by atoms with van der Waals surface area (Å²) in [5, 5.41) is 2.36. The largest absolute Gasteiger partial charge is 0.382 e. The van der Waals surface area contributed by atoms with Crippen LogP contribution in [-0.4, -0.2) is 50.4 Å². The van der Waals surface area contributed by atoms with Crippen molar-refractivity contribution >= 4 is 32.2 Å². The maximum atomic E-state index is 11.6. The number of nitrogens with one attached hydrogen (secondary N) is 1. The van der Waals surface area contributed by atoms with Crippen LogP contribution < -0.4 is 11.2 Å². The molecule has 17 heavy (non-hydrogen) atoms. The summed E-state index contributed by atoms with van der Waals surface area (Å²) in [5.41, 5.74) is 8.60. The first-order chi connectivity index (χ1) is 7.98. The Balaban J connectivity index is 2.21.